The number of rotatable bonds is 4. The summed E-state index contributed by atoms with van der Waals surface area (Å²) in [6.45, 7) is 3.82. The van der Waals surface area contributed by atoms with Crippen LogP contribution in [0, 0.1) is 13.8 Å². The smallest absolute Gasteiger partial charge is 0.135 e. The Labute approximate surface area is 119 Å². The van der Waals surface area contributed by atoms with Crippen molar-refractivity contribution < 1.29 is 8.42 Å². The lowest BCUT2D eigenvalue weighted by atomic mass is 10.1. The Balaban J connectivity index is 2.14. The molecule has 0 atom stereocenters. The fraction of sp³-hybridized carbons (Fsp3) is 0.133. The summed E-state index contributed by atoms with van der Waals surface area (Å²) in [4.78, 5) is 3.58. The normalized spacial score (nSPS) is 11.7. The van der Waals surface area contributed by atoms with Crippen molar-refractivity contribution in [3.63, 3.8) is 0 Å². The summed E-state index contributed by atoms with van der Waals surface area (Å²) in [6, 6.07) is 14.1. The molecule has 2 rings (SSSR count). The molecule has 4 nitrogen and oxygen atoms in total. The summed E-state index contributed by atoms with van der Waals surface area (Å²) in [5, 5.41) is 3.68. The highest BCUT2D eigenvalue weighted by Gasteiger charge is 2.02. The molecule has 0 unspecified atom stereocenters. The van der Waals surface area contributed by atoms with Gasteiger partial charge in [-0.3, -0.25) is 0 Å². The van der Waals surface area contributed by atoms with Crippen molar-refractivity contribution in [3.8, 4) is 0 Å². The molecule has 104 valence electrons. The van der Waals surface area contributed by atoms with Gasteiger partial charge >= 0.3 is 0 Å². The van der Waals surface area contributed by atoms with Gasteiger partial charge in [0, 0.05) is 6.21 Å². The fourth-order valence-corrected chi connectivity index (χ4v) is 2.38. The molecule has 0 fully saturated rings. The summed E-state index contributed by atoms with van der Waals surface area (Å²) >= 11 is 0. The standard InChI is InChI=1S/C15H15N2O2S/c1-12-7-9-15(10-8-12)20(18,19)17-16-11-14-6-4-3-5-13(14)2/h3-11H,1-2H3/q-1/b16-11+. The predicted molar refractivity (Wildman–Crippen MR) is 80.5 cm³/mol. The number of benzene rings is 2. The zero-order valence-corrected chi connectivity index (χ0v) is 12.1. The molecule has 0 aliphatic rings. The monoisotopic (exact) mass is 287 g/mol. The SMILES string of the molecule is Cc1ccc(S(=O)(=O)[N-]/N=C/c2ccccc2C)cc1. The van der Waals surface area contributed by atoms with Gasteiger partial charge in [0.15, 0.2) is 0 Å². The van der Waals surface area contributed by atoms with Crippen LogP contribution in [0.25, 0.3) is 4.83 Å². The van der Waals surface area contributed by atoms with Gasteiger partial charge in [0.1, 0.15) is 10.0 Å². The quantitative estimate of drug-likeness (QED) is 0.639. The molecule has 0 aliphatic heterocycles. The van der Waals surface area contributed by atoms with Crippen molar-refractivity contribution in [2.75, 3.05) is 0 Å². The van der Waals surface area contributed by atoms with E-state index < -0.39 is 10.0 Å². The van der Waals surface area contributed by atoms with E-state index >= 15 is 0 Å². The van der Waals surface area contributed by atoms with E-state index in [-0.39, 0.29) is 4.90 Å². The maximum Gasteiger partial charge on any atom is 0.135 e. The highest BCUT2D eigenvalue weighted by Crippen LogP contribution is 2.17. The highest BCUT2D eigenvalue weighted by molar-refractivity contribution is 7.93. The first-order valence-electron chi connectivity index (χ1n) is 6.12. The Hall–Kier alpha value is -2.14. The molecular formula is C15H15N2O2S-. The molecular weight excluding hydrogens is 272 g/mol. The fourth-order valence-electron chi connectivity index (χ4n) is 1.64. The maximum atomic E-state index is 11.9. The number of hydrogen-bond acceptors (Lipinski definition) is 3. The van der Waals surface area contributed by atoms with Crippen LogP contribution in [-0.2, 0) is 10.0 Å². The molecule has 0 heterocycles. The van der Waals surface area contributed by atoms with Crippen molar-refractivity contribution in [1.29, 1.82) is 0 Å². The van der Waals surface area contributed by atoms with Gasteiger partial charge < -0.3 is 9.93 Å². The number of aryl methyl sites for hydroxylation is 2. The van der Waals surface area contributed by atoms with Crippen LogP contribution in [0.4, 0.5) is 0 Å². The van der Waals surface area contributed by atoms with Gasteiger partial charge in [-0.25, -0.2) is 8.42 Å². The third-order valence-corrected chi connectivity index (χ3v) is 4.04. The first kappa shape index (κ1) is 14.3. The van der Waals surface area contributed by atoms with Crippen molar-refractivity contribution >= 4 is 16.2 Å². The molecule has 2 aromatic carbocycles. The molecule has 20 heavy (non-hydrogen) atoms. The van der Waals surface area contributed by atoms with Gasteiger partial charge in [-0.2, -0.15) is 0 Å². The number of nitrogens with zero attached hydrogens (tertiary/aromatic N) is 2. The zero-order chi connectivity index (χ0) is 14.6. The lowest BCUT2D eigenvalue weighted by Crippen LogP contribution is -1.97. The second-order valence-electron chi connectivity index (χ2n) is 4.47. The van der Waals surface area contributed by atoms with Gasteiger partial charge in [0.25, 0.3) is 0 Å². The van der Waals surface area contributed by atoms with Crippen LogP contribution in [0.15, 0.2) is 58.5 Å². The lowest BCUT2D eigenvalue weighted by Gasteiger charge is -2.16. The molecule has 0 saturated heterocycles. The number of hydrogen-bond donors (Lipinski definition) is 0. The first-order valence-corrected chi connectivity index (χ1v) is 7.56. The van der Waals surface area contributed by atoms with Crippen LogP contribution < -0.4 is 0 Å². The Morgan fingerprint density at radius 3 is 2.30 bits per heavy atom. The van der Waals surface area contributed by atoms with Crippen LogP contribution in [0.1, 0.15) is 16.7 Å². The van der Waals surface area contributed by atoms with Gasteiger partial charge in [0.2, 0.25) is 0 Å². The van der Waals surface area contributed by atoms with Crippen LogP contribution in [-0.4, -0.2) is 14.6 Å². The Morgan fingerprint density at radius 2 is 1.65 bits per heavy atom. The third kappa shape index (κ3) is 3.45. The first-order chi connectivity index (χ1) is 9.49. The molecule has 0 amide bonds. The average Bonchev–Trinajstić information content (AvgIpc) is 2.41. The van der Waals surface area contributed by atoms with E-state index in [1.165, 1.54) is 18.3 Å². The Morgan fingerprint density at radius 1 is 1.00 bits per heavy atom. The molecule has 0 N–H and O–H groups in total. The van der Waals surface area contributed by atoms with E-state index in [4.69, 9.17) is 0 Å². The highest BCUT2D eigenvalue weighted by atomic mass is 32.2. The lowest BCUT2D eigenvalue weighted by molar-refractivity contribution is 0.602. The van der Waals surface area contributed by atoms with Gasteiger partial charge in [-0.1, -0.05) is 42.0 Å². The van der Waals surface area contributed by atoms with E-state index in [0.717, 1.165) is 16.7 Å². The Bertz CT molecular complexity index is 720. The molecule has 0 bridgehead atoms. The second kappa shape index (κ2) is 5.88. The summed E-state index contributed by atoms with van der Waals surface area (Å²) in [5.41, 5.74) is 2.85. The minimum absolute atomic E-state index is 0.144. The van der Waals surface area contributed by atoms with Crippen molar-refractivity contribution in [3.05, 3.63) is 70.1 Å². The van der Waals surface area contributed by atoms with Crippen molar-refractivity contribution in [1.82, 2.24) is 0 Å². The van der Waals surface area contributed by atoms with Crippen LogP contribution >= 0.6 is 0 Å². The van der Waals surface area contributed by atoms with Gasteiger partial charge in [-0.05, 0) is 37.1 Å². The Kier molecular flexibility index (Phi) is 4.20. The molecule has 2 aromatic rings. The van der Waals surface area contributed by atoms with Crippen LogP contribution in [0.3, 0.4) is 0 Å². The van der Waals surface area contributed by atoms with E-state index in [2.05, 4.69) is 9.93 Å². The van der Waals surface area contributed by atoms with Crippen LogP contribution in [0.2, 0.25) is 0 Å². The van der Waals surface area contributed by atoms with Gasteiger partial charge in [0.05, 0.1) is 4.90 Å². The number of sulfonamides is 1. The van der Waals surface area contributed by atoms with Crippen molar-refractivity contribution in [2.45, 2.75) is 18.7 Å². The molecule has 0 radical (unpaired) electrons. The van der Waals surface area contributed by atoms with Crippen molar-refractivity contribution in [2.24, 2.45) is 5.10 Å². The summed E-state index contributed by atoms with van der Waals surface area (Å²) in [6.07, 6.45) is 1.45. The molecule has 0 aromatic heterocycles. The van der Waals surface area contributed by atoms with Crippen LogP contribution in [0.5, 0.6) is 0 Å². The molecule has 0 aliphatic carbocycles. The summed E-state index contributed by atoms with van der Waals surface area (Å²) < 4.78 is 23.9. The molecule has 5 heteroatoms. The minimum atomic E-state index is -3.73. The second-order valence-corrected chi connectivity index (χ2v) is 6.06. The van der Waals surface area contributed by atoms with Gasteiger partial charge in [-0.15, -0.1) is 0 Å². The topological polar surface area (TPSA) is 60.6 Å². The largest absolute Gasteiger partial charge is 0.491 e. The molecule has 0 saturated carbocycles. The summed E-state index contributed by atoms with van der Waals surface area (Å²) in [5.74, 6) is 0. The zero-order valence-electron chi connectivity index (χ0n) is 11.3. The van der Waals surface area contributed by atoms with E-state index in [1.54, 1.807) is 12.1 Å². The van der Waals surface area contributed by atoms with E-state index in [9.17, 15) is 8.42 Å². The third-order valence-electron chi connectivity index (χ3n) is 2.86. The van der Waals surface area contributed by atoms with E-state index in [1.807, 2.05) is 38.1 Å². The summed E-state index contributed by atoms with van der Waals surface area (Å²) in [7, 11) is -3.73. The predicted octanol–water partition coefficient (Wildman–Crippen LogP) is 3.40. The molecule has 0 spiro atoms. The van der Waals surface area contributed by atoms with E-state index in [0.29, 0.717) is 0 Å². The minimum Gasteiger partial charge on any atom is -0.491 e. The average molecular weight is 287 g/mol. The maximum absolute atomic E-state index is 11.9.